The van der Waals surface area contributed by atoms with Gasteiger partial charge in [-0.15, -0.1) is 0 Å². The average molecular weight is 422 g/mol. The second-order valence-electron chi connectivity index (χ2n) is 8.45. The van der Waals surface area contributed by atoms with Crippen molar-refractivity contribution < 1.29 is 9.47 Å². The van der Waals surface area contributed by atoms with Crippen LogP contribution in [0.25, 0.3) is 5.70 Å². The molecule has 0 saturated carbocycles. The number of hydrogen-bond acceptors (Lipinski definition) is 4. The van der Waals surface area contributed by atoms with Crippen molar-refractivity contribution in [1.29, 1.82) is 0 Å². The zero-order valence-corrected chi connectivity index (χ0v) is 19.7. The summed E-state index contributed by atoms with van der Waals surface area (Å²) in [6.07, 6.45) is 7.53. The summed E-state index contributed by atoms with van der Waals surface area (Å²) < 4.78 is 10.6. The molecule has 4 heteroatoms. The zero-order valence-electron chi connectivity index (χ0n) is 19.7. The fraction of sp³-hybridized carbons (Fsp3) is 0.407. The summed E-state index contributed by atoms with van der Waals surface area (Å²) in [6, 6.07) is 16.4. The lowest BCUT2D eigenvalue weighted by Gasteiger charge is -2.15. The summed E-state index contributed by atoms with van der Waals surface area (Å²) in [7, 11) is 3.37. The molecule has 0 aliphatic rings. The molecule has 0 fully saturated rings. The minimum absolute atomic E-state index is 0.0757. The minimum Gasteiger partial charge on any atom is -0.497 e. The molecule has 0 amide bonds. The molecule has 0 aliphatic carbocycles. The molecular weight excluding hydrogens is 384 g/mol. The van der Waals surface area contributed by atoms with Gasteiger partial charge in [-0.2, -0.15) is 0 Å². The Morgan fingerprint density at radius 2 is 1.39 bits per heavy atom. The quantitative estimate of drug-likeness (QED) is 0.344. The first-order valence-electron chi connectivity index (χ1n) is 11.0. The molecule has 31 heavy (non-hydrogen) atoms. The Kier molecular flexibility index (Phi) is 10.1. The molecule has 0 radical (unpaired) electrons. The third-order valence-corrected chi connectivity index (χ3v) is 4.81. The maximum atomic E-state index is 5.30. The van der Waals surface area contributed by atoms with Gasteiger partial charge in [0, 0.05) is 6.54 Å². The van der Waals surface area contributed by atoms with Crippen LogP contribution < -0.4 is 20.1 Å². The van der Waals surface area contributed by atoms with E-state index in [9.17, 15) is 0 Å². The molecule has 1 atom stereocenters. The molecule has 166 valence electrons. The lowest BCUT2D eigenvalue weighted by atomic mass is 10.0. The highest BCUT2D eigenvalue weighted by atomic mass is 16.5. The molecule has 0 aromatic heterocycles. The number of ether oxygens (including phenoxy) is 2. The van der Waals surface area contributed by atoms with Crippen molar-refractivity contribution in [3.63, 3.8) is 0 Å². The van der Waals surface area contributed by atoms with E-state index in [-0.39, 0.29) is 6.04 Å². The van der Waals surface area contributed by atoms with Gasteiger partial charge in [0.05, 0.1) is 38.0 Å². The summed E-state index contributed by atoms with van der Waals surface area (Å²) in [5, 5.41) is 7.18. The largest absolute Gasteiger partial charge is 0.497 e. The van der Waals surface area contributed by atoms with Crippen molar-refractivity contribution in [3.8, 4) is 11.5 Å². The van der Waals surface area contributed by atoms with Crippen molar-refractivity contribution in [2.24, 2.45) is 11.8 Å². The molecule has 1 unspecified atom stereocenters. The van der Waals surface area contributed by atoms with Crippen molar-refractivity contribution >= 4 is 5.70 Å². The molecule has 2 rings (SSSR count). The molecule has 0 bridgehead atoms. The summed E-state index contributed by atoms with van der Waals surface area (Å²) in [5.41, 5.74) is 3.34. The third kappa shape index (κ3) is 8.45. The number of benzene rings is 2. The standard InChI is InChI=1S/C27H37N2O2/c1-20(2)18-28-26(22-10-14-24(30-5)15-11-22)8-7-9-27(29-19-21(3)4)23-12-16-25(31-6)17-13-23/h8-17,20-21,26,28-29H,18-19H2,1-6H3/q+1/b27-9+. The maximum Gasteiger partial charge on any atom is 0.185 e. The Bertz CT molecular complexity index is 821. The first-order chi connectivity index (χ1) is 14.9. The molecule has 2 N–H and O–H groups in total. The van der Waals surface area contributed by atoms with Crippen LogP contribution in [0.4, 0.5) is 0 Å². The Morgan fingerprint density at radius 3 is 1.90 bits per heavy atom. The normalized spacial score (nSPS) is 12.8. The first-order valence-corrected chi connectivity index (χ1v) is 11.0. The van der Waals surface area contributed by atoms with E-state index in [1.165, 1.54) is 5.56 Å². The number of rotatable bonds is 12. The predicted molar refractivity (Wildman–Crippen MR) is 130 cm³/mol. The van der Waals surface area contributed by atoms with Gasteiger partial charge in [0.25, 0.3) is 0 Å². The van der Waals surface area contributed by atoms with Crippen LogP contribution in [0.3, 0.4) is 0 Å². The Balaban J connectivity index is 2.25. The third-order valence-electron chi connectivity index (χ3n) is 4.81. The molecular formula is C27H37N2O2+. The lowest BCUT2D eigenvalue weighted by molar-refractivity contribution is 0.414. The van der Waals surface area contributed by atoms with Crippen molar-refractivity contribution in [1.82, 2.24) is 10.6 Å². The second kappa shape index (κ2) is 12.8. The van der Waals surface area contributed by atoms with Crippen LogP contribution in [0.1, 0.15) is 44.9 Å². The van der Waals surface area contributed by atoms with Crippen molar-refractivity contribution in [2.75, 3.05) is 27.3 Å². The Morgan fingerprint density at radius 1 is 0.839 bits per heavy atom. The second-order valence-corrected chi connectivity index (χ2v) is 8.45. The molecule has 0 aliphatic heterocycles. The SMILES string of the molecule is COc1ccc(/C(=C\[C+]=CC(NCC(C)C)c2ccc(OC)cc2)NCC(C)C)cc1. The summed E-state index contributed by atoms with van der Waals surface area (Å²) in [5.74, 6) is 2.82. The van der Waals surface area contributed by atoms with E-state index < -0.39 is 0 Å². The van der Waals surface area contributed by atoms with Crippen LogP contribution in [0.2, 0.25) is 0 Å². The van der Waals surface area contributed by atoms with Gasteiger partial charge >= 0.3 is 0 Å². The van der Waals surface area contributed by atoms with Crippen LogP contribution in [-0.4, -0.2) is 27.3 Å². The van der Waals surface area contributed by atoms with E-state index in [1.54, 1.807) is 14.2 Å². The zero-order chi connectivity index (χ0) is 22.6. The molecule has 2 aromatic carbocycles. The highest BCUT2D eigenvalue weighted by Crippen LogP contribution is 2.20. The van der Waals surface area contributed by atoms with Gasteiger partial charge in [-0.05, 0) is 60.3 Å². The number of allylic oxidation sites excluding steroid dienone is 2. The van der Waals surface area contributed by atoms with Gasteiger partial charge in [-0.1, -0.05) is 39.8 Å². The summed E-state index contributed by atoms with van der Waals surface area (Å²) in [6.45, 7) is 10.6. The molecule has 0 saturated heterocycles. The summed E-state index contributed by atoms with van der Waals surface area (Å²) in [4.78, 5) is 0. The van der Waals surface area contributed by atoms with E-state index in [2.05, 4.69) is 74.7 Å². The molecule has 0 heterocycles. The van der Waals surface area contributed by atoms with Crippen LogP contribution >= 0.6 is 0 Å². The number of nitrogens with one attached hydrogen (secondary N) is 2. The Hall–Kier alpha value is -2.81. The molecule has 2 aromatic rings. The van der Waals surface area contributed by atoms with Crippen molar-refractivity contribution in [2.45, 2.75) is 33.7 Å². The van der Waals surface area contributed by atoms with E-state index in [0.717, 1.165) is 35.8 Å². The lowest BCUT2D eigenvalue weighted by Crippen LogP contribution is -2.24. The number of hydrogen-bond donors (Lipinski definition) is 2. The van der Waals surface area contributed by atoms with Crippen LogP contribution in [0, 0.1) is 17.9 Å². The molecule has 0 spiro atoms. The van der Waals surface area contributed by atoms with Gasteiger partial charge in [0.15, 0.2) is 11.8 Å². The number of methoxy groups -OCH3 is 2. The smallest absolute Gasteiger partial charge is 0.185 e. The topological polar surface area (TPSA) is 42.5 Å². The first kappa shape index (κ1) is 24.5. The fourth-order valence-electron chi connectivity index (χ4n) is 3.00. The van der Waals surface area contributed by atoms with E-state index >= 15 is 0 Å². The van der Waals surface area contributed by atoms with E-state index in [0.29, 0.717) is 11.8 Å². The fourth-order valence-corrected chi connectivity index (χ4v) is 3.00. The maximum absolute atomic E-state index is 5.30. The van der Waals surface area contributed by atoms with Gasteiger partial charge < -0.3 is 20.1 Å². The Labute approximate surface area is 188 Å². The van der Waals surface area contributed by atoms with E-state index in [1.807, 2.05) is 30.3 Å². The van der Waals surface area contributed by atoms with Crippen LogP contribution in [0.15, 0.2) is 60.7 Å². The van der Waals surface area contributed by atoms with Gasteiger partial charge in [0.1, 0.15) is 11.5 Å². The average Bonchev–Trinajstić information content (AvgIpc) is 2.78. The van der Waals surface area contributed by atoms with Crippen LogP contribution in [-0.2, 0) is 0 Å². The monoisotopic (exact) mass is 421 g/mol. The molecule has 4 nitrogen and oxygen atoms in total. The van der Waals surface area contributed by atoms with Gasteiger partial charge in [-0.3, -0.25) is 0 Å². The van der Waals surface area contributed by atoms with Crippen molar-refractivity contribution in [3.05, 3.63) is 77.9 Å². The predicted octanol–water partition coefficient (Wildman–Crippen LogP) is 5.64. The van der Waals surface area contributed by atoms with Gasteiger partial charge in [0.2, 0.25) is 0 Å². The van der Waals surface area contributed by atoms with Gasteiger partial charge in [-0.25, -0.2) is 0 Å². The minimum atomic E-state index is 0.0757. The van der Waals surface area contributed by atoms with Crippen LogP contribution in [0.5, 0.6) is 11.5 Å². The van der Waals surface area contributed by atoms with E-state index in [4.69, 9.17) is 9.47 Å². The highest BCUT2D eigenvalue weighted by Gasteiger charge is 2.13. The highest BCUT2D eigenvalue weighted by molar-refractivity contribution is 5.65. The summed E-state index contributed by atoms with van der Waals surface area (Å²) >= 11 is 0.